The number of methoxy groups -OCH3 is 1. The van der Waals surface area contributed by atoms with Gasteiger partial charge in [-0.3, -0.25) is 9.67 Å². The van der Waals surface area contributed by atoms with Crippen molar-refractivity contribution in [1.29, 1.82) is 0 Å². The molecule has 0 saturated heterocycles. The van der Waals surface area contributed by atoms with Crippen LogP contribution in [0.15, 0.2) is 42.7 Å². The van der Waals surface area contributed by atoms with E-state index in [4.69, 9.17) is 4.74 Å². The number of para-hydroxylation sites is 1. The SMILES string of the molecule is COCCn1cc(Nc2cc(C)nc3ccccc23)cn1. The van der Waals surface area contributed by atoms with Gasteiger partial charge in [0.15, 0.2) is 0 Å². The molecule has 108 valence electrons. The molecule has 0 spiro atoms. The standard InChI is InChI=1S/C16H18N4O/c1-12-9-16(14-5-3-4-6-15(14)18-12)19-13-10-17-20(11-13)7-8-21-2/h3-6,9-11H,7-8H2,1-2H3,(H,18,19). The maximum Gasteiger partial charge on any atom is 0.0770 e. The molecule has 0 amide bonds. The molecule has 0 fully saturated rings. The van der Waals surface area contributed by atoms with Gasteiger partial charge in [-0.1, -0.05) is 18.2 Å². The summed E-state index contributed by atoms with van der Waals surface area (Å²) in [6.45, 7) is 3.40. The number of benzene rings is 1. The number of aromatic nitrogens is 3. The zero-order valence-corrected chi connectivity index (χ0v) is 12.2. The molecule has 2 heterocycles. The van der Waals surface area contributed by atoms with Crippen molar-refractivity contribution < 1.29 is 4.74 Å². The Labute approximate surface area is 123 Å². The number of rotatable bonds is 5. The molecule has 3 rings (SSSR count). The largest absolute Gasteiger partial charge is 0.383 e. The summed E-state index contributed by atoms with van der Waals surface area (Å²) >= 11 is 0. The highest BCUT2D eigenvalue weighted by molar-refractivity contribution is 5.93. The summed E-state index contributed by atoms with van der Waals surface area (Å²) in [5.74, 6) is 0. The van der Waals surface area contributed by atoms with Crippen molar-refractivity contribution in [3.63, 3.8) is 0 Å². The van der Waals surface area contributed by atoms with E-state index >= 15 is 0 Å². The minimum atomic E-state index is 0.651. The number of anilines is 2. The number of nitrogens with zero attached hydrogens (tertiary/aromatic N) is 3. The fourth-order valence-electron chi connectivity index (χ4n) is 2.30. The van der Waals surface area contributed by atoms with Gasteiger partial charge >= 0.3 is 0 Å². The molecule has 0 atom stereocenters. The Morgan fingerprint density at radius 3 is 3.00 bits per heavy atom. The lowest BCUT2D eigenvalue weighted by molar-refractivity contribution is 0.183. The van der Waals surface area contributed by atoms with Gasteiger partial charge < -0.3 is 10.1 Å². The van der Waals surface area contributed by atoms with Gasteiger partial charge in [-0.05, 0) is 19.1 Å². The predicted molar refractivity (Wildman–Crippen MR) is 83.9 cm³/mol. The van der Waals surface area contributed by atoms with E-state index in [1.165, 1.54) is 0 Å². The lowest BCUT2D eigenvalue weighted by Gasteiger charge is -2.09. The van der Waals surface area contributed by atoms with Gasteiger partial charge in [0.05, 0.1) is 30.6 Å². The highest BCUT2D eigenvalue weighted by Crippen LogP contribution is 2.26. The van der Waals surface area contributed by atoms with Crippen molar-refractivity contribution in [3.8, 4) is 0 Å². The number of pyridine rings is 1. The quantitative estimate of drug-likeness (QED) is 0.781. The molecule has 5 nitrogen and oxygen atoms in total. The zero-order valence-electron chi connectivity index (χ0n) is 12.2. The van der Waals surface area contributed by atoms with Gasteiger partial charge in [-0.25, -0.2) is 0 Å². The van der Waals surface area contributed by atoms with Crippen molar-refractivity contribution in [2.24, 2.45) is 0 Å². The second-order valence-corrected chi connectivity index (χ2v) is 4.94. The first-order valence-electron chi connectivity index (χ1n) is 6.91. The van der Waals surface area contributed by atoms with Crippen molar-refractivity contribution in [1.82, 2.24) is 14.8 Å². The molecule has 1 aromatic carbocycles. The van der Waals surface area contributed by atoms with E-state index in [1.54, 1.807) is 7.11 Å². The summed E-state index contributed by atoms with van der Waals surface area (Å²) in [4.78, 5) is 4.55. The van der Waals surface area contributed by atoms with E-state index in [-0.39, 0.29) is 0 Å². The van der Waals surface area contributed by atoms with Crippen LogP contribution in [0.2, 0.25) is 0 Å². The molecular weight excluding hydrogens is 264 g/mol. The van der Waals surface area contributed by atoms with Crippen molar-refractivity contribution in [2.45, 2.75) is 13.5 Å². The van der Waals surface area contributed by atoms with Crippen LogP contribution in [-0.4, -0.2) is 28.5 Å². The highest BCUT2D eigenvalue weighted by Gasteiger charge is 2.05. The monoisotopic (exact) mass is 282 g/mol. The Balaban J connectivity index is 1.89. The maximum absolute atomic E-state index is 5.06. The minimum Gasteiger partial charge on any atom is -0.383 e. The fraction of sp³-hybridized carbons (Fsp3) is 0.250. The molecule has 1 N–H and O–H groups in total. The number of ether oxygens (including phenoxy) is 1. The Kier molecular flexibility index (Phi) is 3.83. The lowest BCUT2D eigenvalue weighted by atomic mass is 10.1. The van der Waals surface area contributed by atoms with E-state index in [2.05, 4.69) is 27.5 Å². The van der Waals surface area contributed by atoms with Gasteiger partial charge in [0, 0.05) is 30.1 Å². The molecule has 0 unspecified atom stereocenters. The molecule has 2 aromatic heterocycles. The summed E-state index contributed by atoms with van der Waals surface area (Å²) in [5, 5.41) is 8.84. The number of fused-ring (bicyclic) bond motifs is 1. The molecule has 21 heavy (non-hydrogen) atoms. The van der Waals surface area contributed by atoms with Crippen LogP contribution in [0.1, 0.15) is 5.69 Å². The van der Waals surface area contributed by atoms with Crippen LogP contribution >= 0.6 is 0 Å². The summed E-state index contributed by atoms with van der Waals surface area (Å²) < 4.78 is 6.92. The van der Waals surface area contributed by atoms with E-state index < -0.39 is 0 Å². The number of nitrogens with one attached hydrogen (secondary N) is 1. The fourth-order valence-corrected chi connectivity index (χ4v) is 2.30. The zero-order chi connectivity index (χ0) is 14.7. The molecule has 0 bridgehead atoms. The van der Waals surface area contributed by atoms with Gasteiger partial charge in [0.1, 0.15) is 0 Å². The normalized spacial score (nSPS) is 11.0. The third-order valence-corrected chi connectivity index (χ3v) is 3.28. The smallest absolute Gasteiger partial charge is 0.0770 e. The summed E-state index contributed by atoms with van der Waals surface area (Å²) in [6, 6.07) is 10.2. The van der Waals surface area contributed by atoms with Crippen molar-refractivity contribution in [3.05, 3.63) is 48.4 Å². The Hall–Kier alpha value is -2.40. The van der Waals surface area contributed by atoms with Crippen LogP contribution in [0.25, 0.3) is 10.9 Å². The van der Waals surface area contributed by atoms with Gasteiger partial charge in [0.2, 0.25) is 0 Å². The van der Waals surface area contributed by atoms with Crippen molar-refractivity contribution in [2.75, 3.05) is 19.0 Å². The van der Waals surface area contributed by atoms with Crippen LogP contribution in [0.5, 0.6) is 0 Å². The van der Waals surface area contributed by atoms with E-state index in [0.717, 1.165) is 34.5 Å². The molecule has 0 aliphatic heterocycles. The Morgan fingerprint density at radius 1 is 1.29 bits per heavy atom. The maximum atomic E-state index is 5.06. The molecule has 0 saturated carbocycles. The van der Waals surface area contributed by atoms with Crippen molar-refractivity contribution >= 4 is 22.3 Å². The lowest BCUT2D eigenvalue weighted by Crippen LogP contribution is -2.03. The van der Waals surface area contributed by atoms with Gasteiger partial charge in [0.25, 0.3) is 0 Å². The number of aryl methyl sites for hydroxylation is 1. The second-order valence-electron chi connectivity index (χ2n) is 4.94. The molecule has 0 aliphatic carbocycles. The highest BCUT2D eigenvalue weighted by atomic mass is 16.5. The minimum absolute atomic E-state index is 0.651. The first-order valence-corrected chi connectivity index (χ1v) is 6.91. The second kappa shape index (κ2) is 5.93. The van der Waals surface area contributed by atoms with E-state index in [1.807, 2.05) is 42.2 Å². The first-order chi connectivity index (χ1) is 10.3. The van der Waals surface area contributed by atoms with Crippen LogP contribution in [0.4, 0.5) is 11.4 Å². The average Bonchev–Trinajstić information content (AvgIpc) is 2.92. The predicted octanol–water partition coefficient (Wildman–Crippen LogP) is 3.13. The van der Waals surface area contributed by atoms with Crippen LogP contribution < -0.4 is 5.32 Å². The van der Waals surface area contributed by atoms with Gasteiger partial charge in [-0.15, -0.1) is 0 Å². The third-order valence-electron chi connectivity index (χ3n) is 3.28. The van der Waals surface area contributed by atoms with Crippen LogP contribution in [0, 0.1) is 6.92 Å². The molecule has 0 radical (unpaired) electrons. The number of hydrogen-bond donors (Lipinski definition) is 1. The first kappa shape index (κ1) is 13.6. The molecule has 0 aliphatic rings. The number of hydrogen-bond acceptors (Lipinski definition) is 4. The molecular formula is C16H18N4O. The molecule has 5 heteroatoms. The summed E-state index contributed by atoms with van der Waals surface area (Å²) in [6.07, 6.45) is 3.80. The summed E-state index contributed by atoms with van der Waals surface area (Å²) in [5.41, 5.74) is 3.99. The molecule has 3 aromatic rings. The van der Waals surface area contributed by atoms with Gasteiger partial charge in [-0.2, -0.15) is 5.10 Å². The average molecular weight is 282 g/mol. The topological polar surface area (TPSA) is 52.0 Å². The summed E-state index contributed by atoms with van der Waals surface area (Å²) in [7, 11) is 1.69. The Bertz CT molecular complexity index is 751. The van der Waals surface area contributed by atoms with Crippen LogP contribution in [-0.2, 0) is 11.3 Å². The van der Waals surface area contributed by atoms with E-state index in [9.17, 15) is 0 Å². The van der Waals surface area contributed by atoms with Crippen LogP contribution in [0.3, 0.4) is 0 Å². The third kappa shape index (κ3) is 3.03. The van der Waals surface area contributed by atoms with E-state index in [0.29, 0.717) is 6.61 Å². The Morgan fingerprint density at radius 2 is 2.14 bits per heavy atom.